The van der Waals surface area contributed by atoms with Gasteiger partial charge in [0.25, 0.3) is 0 Å². The third-order valence-electron chi connectivity index (χ3n) is 4.35. The van der Waals surface area contributed by atoms with Gasteiger partial charge in [-0.1, -0.05) is 23.4 Å². The first kappa shape index (κ1) is 17.0. The second kappa shape index (κ2) is 7.34. The molecule has 3 aromatic rings. The second-order valence-electron chi connectivity index (χ2n) is 6.00. The third-order valence-corrected chi connectivity index (χ3v) is 4.35. The molecule has 0 bridgehead atoms. The number of aromatic nitrogens is 2. The number of piperazine rings is 1. The minimum absolute atomic E-state index is 0. The van der Waals surface area contributed by atoms with Crippen LogP contribution in [0.4, 0.5) is 0 Å². The summed E-state index contributed by atoms with van der Waals surface area (Å²) in [5.41, 5.74) is 0.920. The number of nitrogens with zero attached hydrogens (tertiary/aromatic N) is 3. The maximum absolute atomic E-state index is 5.82. The molecule has 1 unspecified atom stereocenters. The number of halogens is 1. The molecule has 1 aliphatic rings. The number of hydrogen-bond donors (Lipinski definition) is 1. The Morgan fingerprint density at radius 1 is 1.29 bits per heavy atom. The van der Waals surface area contributed by atoms with E-state index in [-0.39, 0.29) is 18.4 Å². The molecule has 0 aliphatic carbocycles. The van der Waals surface area contributed by atoms with E-state index < -0.39 is 0 Å². The minimum Gasteiger partial charge on any atom is -0.461 e. The fourth-order valence-electron chi connectivity index (χ4n) is 2.99. The van der Waals surface area contributed by atoms with Crippen LogP contribution in [-0.4, -0.2) is 41.7 Å². The molecule has 0 radical (unpaired) electrons. The highest BCUT2D eigenvalue weighted by molar-refractivity contribution is 5.85. The Labute approximate surface area is 146 Å². The van der Waals surface area contributed by atoms with Crippen molar-refractivity contribution in [2.24, 2.45) is 0 Å². The van der Waals surface area contributed by atoms with Gasteiger partial charge in [-0.25, -0.2) is 0 Å². The summed E-state index contributed by atoms with van der Waals surface area (Å²) in [6.07, 6.45) is 1.45. The van der Waals surface area contributed by atoms with Crippen molar-refractivity contribution < 1.29 is 8.94 Å². The van der Waals surface area contributed by atoms with Crippen LogP contribution >= 0.6 is 12.4 Å². The molecule has 1 saturated heterocycles. The first-order valence-corrected chi connectivity index (χ1v) is 8.00. The van der Waals surface area contributed by atoms with Gasteiger partial charge < -0.3 is 14.3 Å². The van der Waals surface area contributed by atoms with Crippen LogP contribution < -0.4 is 5.32 Å². The van der Waals surface area contributed by atoms with Gasteiger partial charge in [-0.05, 0) is 19.2 Å². The Kier molecular flexibility index (Phi) is 5.18. The summed E-state index contributed by atoms with van der Waals surface area (Å²) in [6.45, 7) is 2.86. The molecule has 1 atom stereocenters. The molecule has 1 aliphatic heterocycles. The minimum atomic E-state index is 0. The molecule has 0 saturated carbocycles. The normalized spacial score (nSPS) is 18.6. The van der Waals surface area contributed by atoms with Crippen LogP contribution in [0.15, 0.2) is 39.3 Å². The summed E-state index contributed by atoms with van der Waals surface area (Å²) in [4.78, 5) is 6.81. The van der Waals surface area contributed by atoms with Crippen molar-refractivity contribution in [1.82, 2.24) is 20.4 Å². The number of nitrogens with one attached hydrogen (secondary N) is 1. The van der Waals surface area contributed by atoms with E-state index >= 15 is 0 Å². The average Bonchev–Trinajstić information content (AvgIpc) is 3.19. The molecule has 1 fully saturated rings. The molecule has 3 heterocycles. The van der Waals surface area contributed by atoms with Crippen molar-refractivity contribution in [1.29, 1.82) is 0 Å². The van der Waals surface area contributed by atoms with E-state index in [4.69, 9.17) is 8.94 Å². The predicted octanol–water partition coefficient (Wildman–Crippen LogP) is 2.60. The lowest BCUT2D eigenvalue weighted by atomic mass is 10.2. The summed E-state index contributed by atoms with van der Waals surface area (Å²) in [5, 5.41) is 8.64. The molecule has 1 aromatic carbocycles. The topological polar surface area (TPSA) is 67.3 Å². The summed E-state index contributed by atoms with van der Waals surface area (Å²) in [5.74, 6) is 2.38. The van der Waals surface area contributed by atoms with Crippen LogP contribution in [-0.2, 0) is 12.8 Å². The quantitative estimate of drug-likeness (QED) is 0.781. The van der Waals surface area contributed by atoms with Crippen molar-refractivity contribution in [2.45, 2.75) is 18.9 Å². The molecule has 4 rings (SSSR count). The predicted molar refractivity (Wildman–Crippen MR) is 93.4 cm³/mol. The van der Waals surface area contributed by atoms with Gasteiger partial charge in [-0.2, -0.15) is 4.98 Å². The zero-order valence-electron chi connectivity index (χ0n) is 13.6. The molecule has 1 N–H and O–H groups in total. The van der Waals surface area contributed by atoms with Crippen LogP contribution in [0.5, 0.6) is 0 Å². The highest BCUT2D eigenvalue weighted by Gasteiger charge is 2.25. The number of hydrogen-bond acceptors (Lipinski definition) is 6. The third kappa shape index (κ3) is 3.45. The van der Waals surface area contributed by atoms with E-state index in [1.807, 2.05) is 18.2 Å². The van der Waals surface area contributed by atoms with Crippen molar-refractivity contribution >= 4 is 23.4 Å². The highest BCUT2D eigenvalue weighted by Crippen LogP contribution is 2.21. The van der Waals surface area contributed by atoms with Gasteiger partial charge in [0, 0.05) is 37.9 Å². The Morgan fingerprint density at radius 3 is 3.00 bits per heavy atom. The van der Waals surface area contributed by atoms with E-state index in [1.54, 1.807) is 0 Å². The average molecular weight is 349 g/mol. The lowest BCUT2D eigenvalue weighted by Crippen LogP contribution is -2.44. The Bertz CT molecular complexity index is 768. The number of likely N-dealkylation sites (N-methyl/N-ethyl adjacent to an activating group) is 1. The molecule has 128 valence electrons. The molecular weight excluding hydrogens is 328 g/mol. The van der Waals surface area contributed by atoms with Gasteiger partial charge in [-0.3, -0.25) is 4.90 Å². The number of benzene rings is 1. The molecule has 0 amide bonds. The van der Waals surface area contributed by atoms with Gasteiger partial charge in [0.05, 0.1) is 6.04 Å². The van der Waals surface area contributed by atoms with Crippen molar-refractivity contribution in [3.8, 4) is 0 Å². The molecule has 2 aromatic heterocycles. The van der Waals surface area contributed by atoms with E-state index in [2.05, 4.69) is 39.5 Å². The zero-order valence-corrected chi connectivity index (χ0v) is 14.4. The maximum Gasteiger partial charge on any atom is 0.227 e. The fraction of sp³-hybridized carbons (Fsp3) is 0.412. The lowest BCUT2D eigenvalue weighted by molar-refractivity contribution is 0.190. The SMILES string of the molecule is CN1CCNCC1c1noc(CCc2cc3ccccc3o2)n1.Cl. The van der Waals surface area contributed by atoms with E-state index in [9.17, 15) is 0 Å². The summed E-state index contributed by atoms with van der Waals surface area (Å²) < 4.78 is 11.2. The Balaban J connectivity index is 0.00000169. The number of fused-ring (bicyclic) bond motifs is 1. The summed E-state index contributed by atoms with van der Waals surface area (Å²) in [6, 6.07) is 10.3. The smallest absolute Gasteiger partial charge is 0.227 e. The largest absolute Gasteiger partial charge is 0.461 e. The highest BCUT2D eigenvalue weighted by atomic mass is 35.5. The number of aryl methyl sites for hydroxylation is 2. The van der Waals surface area contributed by atoms with Gasteiger partial charge in [0.2, 0.25) is 5.89 Å². The molecule has 24 heavy (non-hydrogen) atoms. The molecule has 0 spiro atoms. The molecular formula is C17H21ClN4O2. The first-order valence-electron chi connectivity index (χ1n) is 8.00. The van der Waals surface area contributed by atoms with Crippen molar-refractivity contribution in [2.75, 3.05) is 26.7 Å². The molecule has 6 nitrogen and oxygen atoms in total. The van der Waals surface area contributed by atoms with E-state index in [0.29, 0.717) is 12.3 Å². The number of para-hydroxylation sites is 1. The Hall–Kier alpha value is -1.89. The zero-order chi connectivity index (χ0) is 15.6. The molecule has 7 heteroatoms. The number of furan rings is 1. The van der Waals surface area contributed by atoms with Gasteiger partial charge in [0.1, 0.15) is 11.3 Å². The van der Waals surface area contributed by atoms with Crippen LogP contribution in [0.1, 0.15) is 23.5 Å². The van der Waals surface area contributed by atoms with Crippen LogP contribution in [0.2, 0.25) is 0 Å². The van der Waals surface area contributed by atoms with Gasteiger partial charge >= 0.3 is 0 Å². The van der Waals surface area contributed by atoms with Crippen LogP contribution in [0.3, 0.4) is 0 Å². The standard InChI is InChI=1S/C17H20N4O2.ClH/c1-21-9-8-18-11-14(21)17-19-16(23-20-17)7-6-13-10-12-4-2-3-5-15(12)22-13;/h2-5,10,14,18H,6-9,11H2,1H3;1H. The lowest BCUT2D eigenvalue weighted by Gasteiger charge is -2.30. The van der Waals surface area contributed by atoms with Crippen molar-refractivity contribution in [3.63, 3.8) is 0 Å². The number of rotatable bonds is 4. The van der Waals surface area contributed by atoms with Gasteiger partial charge in [0.15, 0.2) is 5.82 Å². The van der Waals surface area contributed by atoms with Crippen LogP contribution in [0.25, 0.3) is 11.0 Å². The van der Waals surface area contributed by atoms with E-state index in [0.717, 1.165) is 48.6 Å². The monoisotopic (exact) mass is 348 g/mol. The second-order valence-corrected chi connectivity index (χ2v) is 6.00. The first-order chi connectivity index (χ1) is 11.3. The van der Waals surface area contributed by atoms with E-state index in [1.165, 1.54) is 0 Å². The maximum atomic E-state index is 5.82. The summed E-state index contributed by atoms with van der Waals surface area (Å²) >= 11 is 0. The van der Waals surface area contributed by atoms with Gasteiger partial charge in [-0.15, -0.1) is 12.4 Å². The van der Waals surface area contributed by atoms with Crippen LogP contribution in [0, 0.1) is 0 Å². The fourth-order valence-corrected chi connectivity index (χ4v) is 2.99. The summed E-state index contributed by atoms with van der Waals surface area (Å²) in [7, 11) is 2.09. The van der Waals surface area contributed by atoms with Crippen molar-refractivity contribution in [3.05, 3.63) is 47.8 Å². The Morgan fingerprint density at radius 2 is 2.17 bits per heavy atom.